The number of benzene rings is 1. The molecule has 0 atom stereocenters. The average molecular weight is 220 g/mol. The van der Waals surface area contributed by atoms with Gasteiger partial charge in [-0.1, -0.05) is 12.1 Å². The summed E-state index contributed by atoms with van der Waals surface area (Å²) < 4.78 is 14.5. The van der Waals surface area contributed by atoms with Crippen LogP contribution < -0.4 is 10.3 Å². The van der Waals surface area contributed by atoms with E-state index in [1.807, 2.05) is 0 Å². The Bertz CT molecular complexity index is 549. The van der Waals surface area contributed by atoms with Gasteiger partial charge in [0.05, 0.1) is 12.7 Å². The van der Waals surface area contributed by atoms with Crippen LogP contribution in [0.3, 0.4) is 0 Å². The van der Waals surface area contributed by atoms with Gasteiger partial charge < -0.3 is 5.21 Å². The van der Waals surface area contributed by atoms with Gasteiger partial charge in [0.15, 0.2) is 6.20 Å². The Balaban J connectivity index is 2.27. The molecule has 1 aromatic carbocycles. The van der Waals surface area contributed by atoms with E-state index in [4.69, 9.17) is 0 Å². The van der Waals surface area contributed by atoms with Gasteiger partial charge in [-0.3, -0.25) is 9.36 Å². The summed E-state index contributed by atoms with van der Waals surface area (Å²) >= 11 is 0. The van der Waals surface area contributed by atoms with Gasteiger partial charge in [-0.05, 0) is 17.7 Å². The lowest BCUT2D eigenvalue weighted by Gasteiger charge is -2.04. The smallest absolute Gasteiger partial charge is 0.316 e. The molecule has 4 nitrogen and oxygen atoms in total. The standard InChI is InChI=1S/C11H9FN2O2/c12-10-3-1-9(2-4-10)7-13-5-6-14(16)8-11(13)15/h1-6,8H,7H2. The van der Waals surface area contributed by atoms with Crippen LogP contribution in [0.25, 0.3) is 0 Å². The third-order valence-electron chi connectivity index (χ3n) is 2.18. The van der Waals surface area contributed by atoms with Gasteiger partial charge in [-0.15, -0.1) is 0 Å². The minimum absolute atomic E-state index is 0.318. The first-order valence-corrected chi connectivity index (χ1v) is 4.69. The second kappa shape index (κ2) is 4.14. The molecule has 0 spiro atoms. The Labute approximate surface area is 90.8 Å². The van der Waals surface area contributed by atoms with Crippen molar-refractivity contribution >= 4 is 0 Å². The highest BCUT2D eigenvalue weighted by Crippen LogP contribution is 2.03. The molecule has 5 heteroatoms. The van der Waals surface area contributed by atoms with Crippen molar-refractivity contribution < 1.29 is 9.12 Å². The van der Waals surface area contributed by atoms with Crippen LogP contribution in [0.15, 0.2) is 47.7 Å². The lowest BCUT2D eigenvalue weighted by Crippen LogP contribution is -2.34. The number of aromatic nitrogens is 2. The van der Waals surface area contributed by atoms with E-state index in [1.165, 1.54) is 29.1 Å². The Hall–Kier alpha value is -2.17. The molecule has 0 saturated carbocycles. The summed E-state index contributed by atoms with van der Waals surface area (Å²) in [5, 5.41) is 10.8. The average Bonchev–Trinajstić information content (AvgIpc) is 2.25. The predicted molar refractivity (Wildman–Crippen MR) is 55.2 cm³/mol. The highest BCUT2D eigenvalue weighted by molar-refractivity contribution is 5.16. The molecule has 0 aliphatic heterocycles. The van der Waals surface area contributed by atoms with Crippen molar-refractivity contribution in [3.05, 3.63) is 69.8 Å². The Kier molecular flexibility index (Phi) is 2.68. The molecule has 0 saturated heterocycles. The first-order valence-electron chi connectivity index (χ1n) is 4.69. The highest BCUT2D eigenvalue weighted by atomic mass is 19.1. The minimum atomic E-state index is -0.387. The van der Waals surface area contributed by atoms with Crippen molar-refractivity contribution in [3.63, 3.8) is 0 Å². The topological polar surface area (TPSA) is 48.9 Å². The quantitative estimate of drug-likeness (QED) is 0.551. The van der Waals surface area contributed by atoms with Gasteiger partial charge in [0.25, 0.3) is 0 Å². The second-order valence-corrected chi connectivity index (χ2v) is 3.38. The molecule has 0 fully saturated rings. The van der Waals surface area contributed by atoms with Crippen LogP contribution in [0.5, 0.6) is 0 Å². The summed E-state index contributed by atoms with van der Waals surface area (Å²) in [5.41, 5.74) is 0.411. The Morgan fingerprint density at radius 1 is 1.31 bits per heavy atom. The van der Waals surface area contributed by atoms with Crippen molar-refractivity contribution in [2.24, 2.45) is 0 Å². The fraction of sp³-hybridized carbons (Fsp3) is 0.0909. The number of nitrogens with zero attached hydrogens (tertiary/aromatic N) is 2. The van der Waals surface area contributed by atoms with E-state index in [9.17, 15) is 14.4 Å². The van der Waals surface area contributed by atoms with Crippen molar-refractivity contribution in [1.82, 2.24) is 4.57 Å². The van der Waals surface area contributed by atoms with Gasteiger partial charge in [0.2, 0.25) is 6.20 Å². The molecule has 1 heterocycles. The lowest BCUT2D eigenvalue weighted by molar-refractivity contribution is -0.607. The monoisotopic (exact) mass is 220 g/mol. The molecule has 0 radical (unpaired) electrons. The second-order valence-electron chi connectivity index (χ2n) is 3.38. The zero-order chi connectivity index (χ0) is 11.5. The molecule has 2 aromatic rings. The molecule has 0 aliphatic carbocycles. The van der Waals surface area contributed by atoms with Gasteiger partial charge in [-0.25, -0.2) is 4.39 Å². The summed E-state index contributed by atoms with van der Waals surface area (Å²) in [6.07, 6.45) is 3.59. The number of hydrogen-bond acceptors (Lipinski definition) is 2. The molecule has 82 valence electrons. The molecular formula is C11H9FN2O2. The van der Waals surface area contributed by atoms with E-state index in [0.29, 0.717) is 11.3 Å². The maximum absolute atomic E-state index is 12.6. The molecule has 0 bridgehead atoms. The largest absolute Gasteiger partial charge is 0.619 e. The Morgan fingerprint density at radius 2 is 2.00 bits per heavy atom. The summed E-state index contributed by atoms with van der Waals surface area (Å²) in [7, 11) is 0. The summed E-state index contributed by atoms with van der Waals surface area (Å²) in [5.74, 6) is -0.318. The van der Waals surface area contributed by atoms with Crippen LogP contribution in [0.2, 0.25) is 0 Å². The van der Waals surface area contributed by atoms with Gasteiger partial charge in [0.1, 0.15) is 5.82 Å². The van der Waals surface area contributed by atoms with E-state index in [-0.39, 0.29) is 11.4 Å². The van der Waals surface area contributed by atoms with Crippen LogP contribution in [-0.4, -0.2) is 4.57 Å². The molecule has 0 N–H and O–H groups in total. The van der Waals surface area contributed by atoms with E-state index in [0.717, 1.165) is 11.8 Å². The maximum atomic E-state index is 12.6. The number of halogens is 1. The molecule has 0 unspecified atom stereocenters. The van der Waals surface area contributed by atoms with E-state index in [1.54, 1.807) is 12.1 Å². The fourth-order valence-electron chi connectivity index (χ4n) is 1.36. The van der Waals surface area contributed by atoms with Gasteiger partial charge >= 0.3 is 5.56 Å². The van der Waals surface area contributed by atoms with E-state index in [2.05, 4.69) is 0 Å². The first-order chi connectivity index (χ1) is 7.65. The van der Waals surface area contributed by atoms with E-state index < -0.39 is 0 Å². The number of rotatable bonds is 2. The SMILES string of the molecule is O=c1c[n+]([O-])ccn1Cc1ccc(F)cc1. The van der Waals surface area contributed by atoms with Crippen molar-refractivity contribution in [2.75, 3.05) is 0 Å². The lowest BCUT2D eigenvalue weighted by atomic mass is 10.2. The zero-order valence-electron chi connectivity index (χ0n) is 8.34. The molecule has 0 amide bonds. The van der Waals surface area contributed by atoms with Crippen molar-refractivity contribution in [1.29, 1.82) is 0 Å². The molecular weight excluding hydrogens is 211 g/mol. The van der Waals surface area contributed by atoms with E-state index >= 15 is 0 Å². The normalized spacial score (nSPS) is 10.3. The Morgan fingerprint density at radius 3 is 2.62 bits per heavy atom. The number of hydrogen-bond donors (Lipinski definition) is 0. The zero-order valence-corrected chi connectivity index (χ0v) is 8.34. The molecule has 1 aromatic heterocycles. The molecule has 0 aliphatic rings. The third-order valence-corrected chi connectivity index (χ3v) is 2.18. The van der Waals surface area contributed by atoms with Crippen LogP contribution in [0, 0.1) is 11.0 Å². The van der Waals surface area contributed by atoms with Crippen LogP contribution in [0.4, 0.5) is 4.39 Å². The summed E-state index contributed by atoms with van der Waals surface area (Å²) in [4.78, 5) is 11.4. The van der Waals surface area contributed by atoms with Crippen molar-refractivity contribution in [3.8, 4) is 0 Å². The first kappa shape index (κ1) is 10.4. The third kappa shape index (κ3) is 2.25. The summed E-state index contributed by atoms with van der Waals surface area (Å²) in [6, 6.07) is 5.86. The highest BCUT2D eigenvalue weighted by Gasteiger charge is 2.01. The summed E-state index contributed by atoms with van der Waals surface area (Å²) in [6.45, 7) is 0.319. The maximum Gasteiger partial charge on any atom is 0.316 e. The van der Waals surface area contributed by atoms with Gasteiger partial charge in [-0.2, -0.15) is 4.73 Å². The predicted octanol–water partition coefficient (Wildman–Crippen LogP) is 0.669. The van der Waals surface area contributed by atoms with Crippen LogP contribution >= 0.6 is 0 Å². The molecule has 2 rings (SSSR count). The van der Waals surface area contributed by atoms with Gasteiger partial charge in [0, 0.05) is 0 Å². The van der Waals surface area contributed by atoms with Crippen LogP contribution in [0.1, 0.15) is 5.56 Å². The van der Waals surface area contributed by atoms with Crippen molar-refractivity contribution in [2.45, 2.75) is 6.54 Å². The fourth-order valence-corrected chi connectivity index (χ4v) is 1.36. The molecule has 16 heavy (non-hydrogen) atoms. The minimum Gasteiger partial charge on any atom is -0.619 e. The van der Waals surface area contributed by atoms with Crippen LogP contribution in [-0.2, 0) is 6.54 Å².